The second-order valence-corrected chi connectivity index (χ2v) is 10.1. The molecular formula is C27H33F6N5O. The third kappa shape index (κ3) is 8.23. The monoisotopic (exact) mass is 557 g/mol. The number of halogens is 6. The summed E-state index contributed by atoms with van der Waals surface area (Å²) < 4.78 is 76.6. The van der Waals surface area contributed by atoms with Crippen LogP contribution in [0.3, 0.4) is 0 Å². The average Bonchev–Trinajstić information content (AvgIpc) is 3.14. The molecule has 0 bridgehead atoms. The van der Waals surface area contributed by atoms with Gasteiger partial charge in [0, 0.05) is 57.1 Å². The Kier molecular flexibility index (Phi) is 9.24. The van der Waals surface area contributed by atoms with E-state index in [9.17, 15) is 31.1 Å². The average molecular weight is 558 g/mol. The van der Waals surface area contributed by atoms with Crippen LogP contribution in [0.1, 0.15) is 43.2 Å². The van der Waals surface area contributed by atoms with Crippen molar-refractivity contribution in [1.82, 2.24) is 14.8 Å². The third-order valence-corrected chi connectivity index (χ3v) is 7.30. The molecule has 1 amide bonds. The van der Waals surface area contributed by atoms with E-state index >= 15 is 0 Å². The Balaban J connectivity index is 1.14. The fourth-order valence-corrected chi connectivity index (χ4v) is 5.06. The number of aromatic nitrogens is 1. The van der Waals surface area contributed by atoms with Gasteiger partial charge in [0.25, 0.3) is 0 Å². The van der Waals surface area contributed by atoms with Crippen molar-refractivity contribution >= 4 is 17.4 Å². The number of carbonyl (C=O) groups excluding carboxylic acids is 1. The van der Waals surface area contributed by atoms with Crippen molar-refractivity contribution in [2.24, 2.45) is 0 Å². The Labute approximate surface area is 224 Å². The molecule has 12 heteroatoms. The highest BCUT2D eigenvalue weighted by molar-refractivity contribution is 5.76. The van der Waals surface area contributed by atoms with Gasteiger partial charge in [0.2, 0.25) is 5.91 Å². The van der Waals surface area contributed by atoms with Gasteiger partial charge in [-0.2, -0.15) is 26.3 Å². The summed E-state index contributed by atoms with van der Waals surface area (Å²) in [6.07, 6.45) is -4.49. The molecule has 0 saturated carbocycles. The van der Waals surface area contributed by atoms with E-state index in [4.69, 9.17) is 0 Å². The van der Waals surface area contributed by atoms with Gasteiger partial charge in [-0.3, -0.25) is 4.79 Å². The quantitative estimate of drug-likeness (QED) is 0.455. The molecule has 2 aliphatic heterocycles. The molecule has 1 aromatic carbocycles. The van der Waals surface area contributed by atoms with E-state index in [0.29, 0.717) is 44.7 Å². The van der Waals surface area contributed by atoms with Crippen molar-refractivity contribution < 1.29 is 31.1 Å². The Bertz CT molecular complexity index is 1070. The molecule has 6 nitrogen and oxygen atoms in total. The highest BCUT2D eigenvalue weighted by Gasteiger charge is 2.31. The van der Waals surface area contributed by atoms with Crippen molar-refractivity contribution in [1.29, 1.82) is 0 Å². The molecule has 0 spiro atoms. The first-order valence-corrected chi connectivity index (χ1v) is 13.2. The maximum Gasteiger partial charge on any atom is 0.417 e. The van der Waals surface area contributed by atoms with Gasteiger partial charge >= 0.3 is 12.4 Å². The molecule has 2 aliphatic rings. The molecule has 39 heavy (non-hydrogen) atoms. The van der Waals surface area contributed by atoms with Gasteiger partial charge in [-0.1, -0.05) is 0 Å². The highest BCUT2D eigenvalue weighted by atomic mass is 19.4. The summed E-state index contributed by atoms with van der Waals surface area (Å²) in [7, 11) is 0. The maximum atomic E-state index is 12.8. The topological polar surface area (TPSA) is 51.7 Å². The van der Waals surface area contributed by atoms with E-state index in [1.807, 2.05) is 4.90 Å². The van der Waals surface area contributed by atoms with Crippen LogP contribution in [-0.4, -0.2) is 72.5 Å². The zero-order chi connectivity index (χ0) is 28.0. The molecule has 2 fully saturated rings. The Morgan fingerprint density at radius 2 is 1.51 bits per heavy atom. The third-order valence-electron chi connectivity index (χ3n) is 7.30. The first-order chi connectivity index (χ1) is 18.5. The van der Waals surface area contributed by atoms with Gasteiger partial charge in [0.15, 0.2) is 0 Å². The first-order valence-electron chi connectivity index (χ1n) is 13.2. The zero-order valence-corrected chi connectivity index (χ0v) is 21.6. The lowest BCUT2D eigenvalue weighted by Gasteiger charge is -2.33. The summed E-state index contributed by atoms with van der Waals surface area (Å²) in [5, 5.41) is 3.16. The largest absolute Gasteiger partial charge is 0.417 e. The van der Waals surface area contributed by atoms with Crippen LogP contribution in [0.25, 0.3) is 0 Å². The predicted octanol–water partition coefficient (Wildman–Crippen LogP) is 5.51. The molecular weight excluding hydrogens is 524 g/mol. The van der Waals surface area contributed by atoms with Crippen LogP contribution in [0.5, 0.6) is 0 Å². The molecule has 1 aromatic heterocycles. The Hall–Kier alpha value is -3.02. The number of anilines is 2. The molecule has 2 aromatic rings. The highest BCUT2D eigenvalue weighted by Crippen LogP contribution is 2.31. The van der Waals surface area contributed by atoms with E-state index in [0.717, 1.165) is 69.1 Å². The van der Waals surface area contributed by atoms with Crippen LogP contribution in [0.2, 0.25) is 0 Å². The predicted molar refractivity (Wildman–Crippen MR) is 136 cm³/mol. The number of likely N-dealkylation sites (tertiary alicyclic amines) is 1. The zero-order valence-electron chi connectivity index (χ0n) is 21.6. The van der Waals surface area contributed by atoms with Crippen LogP contribution in [0, 0.1) is 0 Å². The SMILES string of the molecule is O=C(CCCN1CCCN(c2ccc(C(F)(F)F)cc2)CC1)N1CCC(Nc2ccc(C(F)(F)F)cn2)CC1. The molecule has 0 radical (unpaired) electrons. The van der Waals surface area contributed by atoms with Crippen LogP contribution < -0.4 is 10.2 Å². The van der Waals surface area contributed by atoms with Gasteiger partial charge < -0.3 is 20.0 Å². The summed E-state index contributed by atoms with van der Waals surface area (Å²) in [5.41, 5.74) is -0.652. The van der Waals surface area contributed by atoms with Crippen molar-refractivity contribution in [2.45, 2.75) is 50.5 Å². The first kappa shape index (κ1) is 29.0. The summed E-state index contributed by atoms with van der Waals surface area (Å²) in [4.78, 5) is 22.8. The summed E-state index contributed by atoms with van der Waals surface area (Å²) >= 11 is 0. The number of nitrogens with zero attached hydrogens (tertiary/aromatic N) is 4. The van der Waals surface area contributed by atoms with Gasteiger partial charge in [0.1, 0.15) is 5.82 Å². The summed E-state index contributed by atoms with van der Waals surface area (Å²) in [6.45, 7) is 5.10. The number of rotatable bonds is 7. The number of hydrogen-bond acceptors (Lipinski definition) is 5. The van der Waals surface area contributed by atoms with E-state index < -0.39 is 23.5 Å². The fraction of sp³-hybridized carbons (Fsp3) is 0.556. The normalized spacial score (nSPS) is 18.2. The number of amides is 1. The van der Waals surface area contributed by atoms with E-state index in [1.165, 1.54) is 18.2 Å². The summed E-state index contributed by atoms with van der Waals surface area (Å²) in [5.74, 6) is 0.490. The van der Waals surface area contributed by atoms with Crippen LogP contribution in [0.4, 0.5) is 37.8 Å². The molecule has 214 valence electrons. The molecule has 0 atom stereocenters. The lowest BCUT2D eigenvalue weighted by molar-refractivity contribution is -0.138. The van der Waals surface area contributed by atoms with E-state index in [1.54, 1.807) is 0 Å². The molecule has 3 heterocycles. The molecule has 4 rings (SSSR count). The van der Waals surface area contributed by atoms with Gasteiger partial charge in [-0.25, -0.2) is 4.98 Å². The number of pyridine rings is 1. The fourth-order valence-electron chi connectivity index (χ4n) is 5.06. The Morgan fingerprint density at radius 3 is 2.13 bits per heavy atom. The standard InChI is InChI=1S/C27H33F6N5O/c28-26(29,30)20-4-7-23(8-5-20)37-14-2-13-36(17-18-37)12-1-3-25(39)38-15-10-22(11-16-38)35-24-9-6-21(19-34-24)27(31,32)33/h4-9,19,22H,1-3,10-18H2,(H,34,35). The number of alkyl halides is 6. The minimum Gasteiger partial charge on any atom is -0.370 e. The lowest BCUT2D eigenvalue weighted by Crippen LogP contribution is -2.42. The van der Waals surface area contributed by atoms with Crippen LogP contribution >= 0.6 is 0 Å². The van der Waals surface area contributed by atoms with Crippen LogP contribution in [0.15, 0.2) is 42.6 Å². The van der Waals surface area contributed by atoms with Gasteiger partial charge in [-0.15, -0.1) is 0 Å². The minimum atomic E-state index is -4.42. The van der Waals surface area contributed by atoms with Crippen molar-refractivity contribution in [3.05, 3.63) is 53.7 Å². The lowest BCUT2D eigenvalue weighted by atomic mass is 10.0. The van der Waals surface area contributed by atoms with Crippen molar-refractivity contribution in [3.63, 3.8) is 0 Å². The molecule has 1 N–H and O–H groups in total. The number of hydrogen-bond donors (Lipinski definition) is 1. The number of benzene rings is 1. The maximum absolute atomic E-state index is 12.8. The van der Waals surface area contributed by atoms with Gasteiger partial charge in [-0.05, 0) is 75.2 Å². The number of piperidine rings is 1. The van der Waals surface area contributed by atoms with Crippen LogP contribution in [-0.2, 0) is 17.1 Å². The minimum absolute atomic E-state index is 0.0444. The molecule has 2 saturated heterocycles. The van der Waals surface area contributed by atoms with E-state index in [2.05, 4.69) is 20.1 Å². The second kappa shape index (κ2) is 12.4. The number of carbonyl (C=O) groups is 1. The van der Waals surface area contributed by atoms with Gasteiger partial charge in [0.05, 0.1) is 11.1 Å². The molecule has 0 unspecified atom stereocenters. The smallest absolute Gasteiger partial charge is 0.370 e. The van der Waals surface area contributed by atoms with Crippen molar-refractivity contribution in [2.75, 3.05) is 56.0 Å². The Morgan fingerprint density at radius 1 is 0.846 bits per heavy atom. The van der Waals surface area contributed by atoms with E-state index in [-0.39, 0.29) is 11.9 Å². The summed E-state index contributed by atoms with van der Waals surface area (Å²) in [6, 6.07) is 7.66. The number of nitrogens with one attached hydrogen (secondary N) is 1. The molecule has 0 aliphatic carbocycles. The second-order valence-electron chi connectivity index (χ2n) is 10.1. The van der Waals surface area contributed by atoms with Crippen molar-refractivity contribution in [3.8, 4) is 0 Å².